The van der Waals surface area contributed by atoms with Gasteiger partial charge in [0, 0.05) is 17.1 Å². The number of carbonyl (C=O) groups excluding carboxylic acids is 2. The second-order valence-electron chi connectivity index (χ2n) is 6.91. The van der Waals surface area contributed by atoms with Crippen molar-refractivity contribution in [2.45, 2.75) is 26.5 Å². The van der Waals surface area contributed by atoms with Crippen molar-refractivity contribution < 1.29 is 14.3 Å². The Labute approximate surface area is 163 Å². The Morgan fingerprint density at radius 1 is 1.07 bits per heavy atom. The fraction of sp³-hybridized carbons (Fsp3) is 0.227. The lowest BCUT2D eigenvalue weighted by molar-refractivity contribution is -0.120. The summed E-state index contributed by atoms with van der Waals surface area (Å²) in [6.45, 7) is 4.02. The molecule has 1 atom stereocenters. The van der Waals surface area contributed by atoms with Gasteiger partial charge in [0.05, 0.1) is 0 Å². The van der Waals surface area contributed by atoms with E-state index in [1.165, 1.54) is 0 Å². The second kappa shape index (κ2) is 8.52. The summed E-state index contributed by atoms with van der Waals surface area (Å²) in [5.74, 6) is -0.245. The Bertz CT molecular complexity index is 978. The number of amides is 2. The Balaban J connectivity index is 1.66. The summed E-state index contributed by atoms with van der Waals surface area (Å²) in [5.41, 5.74) is 7.54. The zero-order chi connectivity index (χ0) is 20.1. The number of para-hydroxylation sites is 1. The fourth-order valence-electron chi connectivity index (χ4n) is 2.90. The Hall–Kier alpha value is -3.41. The van der Waals surface area contributed by atoms with Gasteiger partial charge in [-0.3, -0.25) is 14.6 Å². The van der Waals surface area contributed by atoms with E-state index < -0.39 is 11.9 Å². The van der Waals surface area contributed by atoms with Crippen molar-refractivity contribution in [3.63, 3.8) is 0 Å². The lowest BCUT2D eigenvalue weighted by atomic mass is 10.0. The molecule has 1 unspecified atom stereocenters. The van der Waals surface area contributed by atoms with Crippen LogP contribution in [0.25, 0.3) is 10.9 Å². The molecule has 0 saturated carbocycles. The molecule has 1 heterocycles. The van der Waals surface area contributed by atoms with Crippen molar-refractivity contribution in [3.05, 3.63) is 71.9 Å². The molecule has 3 N–H and O–H groups in total. The third-order valence-electron chi connectivity index (χ3n) is 4.47. The summed E-state index contributed by atoms with van der Waals surface area (Å²) in [5, 5.41) is 3.69. The number of nitrogens with two attached hydrogens (primary N) is 1. The van der Waals surface area contributed by atoms with Crippen LogP contribution in [0.3, 0.4) is 0 Å². The number of nitrogens with zero attached hydrogens (tertiary/aromatic N) is 1. The third-order valence-corrected chi connectivity index (χ3v) is 4.47. The molecule has 0 fully saturated rings. The summed E-state index contributed by atoms with van der Waals surface area (Å²) in [7, 11) is 0. The number of carbonyl (C=O) groups is 2. The number of hydrogen-bond donors (Lipinski definition) is 2. The van der Waals surface area contributed by atoms with Crippen molar-refractivity contribution in [1.29, 1.82) is 0 Å². The SMILES string of the molecule is CC(C)C(NC(=O)c1ccc(COc2cccc3cccnc23)cc1)C(N)=O. The van der Waals surface area contributed by atoms with E-state index in [4.69, 9.17) is 10.5 Å². The highest BCUT2D eigenvalue weighted by Gasteiger charge is 2.22. The molecule has 2 aromatic carbocycles. The lowest BCUT2D eigenvalue weighted by Gasteiger charge is -2.19. The Morgan fingerprint density at radius 3 is 2.46 bits per heavy atom. The fourth-order valence-corrected chi connectivity index (χ4v) is 2.90. The summed E-state index contributed by atoms with van der Waals surface area (Å²) in [6.07, 6.45) is 1.74. The van der Waals surface area contributed by atoms with E-state index in [-0.39, 0.29) is 11.8 Å². The number of aromatic nitrogens is 1. The summed E-state index contributed by atoms with van der Waals surface area (Å²) in [6, 6.07) is 16.0. The van der Waals surface area contributed by atoms with Crippen molar-refractivity contribution in [2.24, 2.45) is 11.7 Å². The highest BCUT2D eigenvalue weighted by molar-refractivity contribution is 5.97. The maximum atomic E-state index is 12.3. The predicted molar refractivity (Wildman–Crippen MR) is 108 cm³/mol. The van der Waals surface area contributed by atoms with Gasteiger partial charge in [-0.2, -0.15) is 0 Å². The number of ether oxygens (including phenoxy) is 1. The average molecular weight is 377 g/mol. The molecule has 6 nitrogen and oxygen atoms in total. The molecule has 3 aromatic rings. The van der Waals surface area contributed by atoms with Crippen LogP contribution in [0.1, 0.15) is 29.8 Å². The summed E-state index contributed by atoms with van der Waals surface area (Å²) < 4.78 is 5.91. The van der Waals surface area contributed by atoms with Gasteiger partial charge in [0.2, 0.25) is 5.91 Å². The van der Waals surface area contributed by atoms with Crippen LogP contribution in [0, 0.1) is 5.92 Å². The quantitative estimate of drug-likeness (QED) is 0.662. The van der Waals surface area contributed by atoms with Gasteiger partial charge in [0.15, 0.2) is 0 Å². The number of hydrogen-bond acceptors (Lipinski definition) is 4. The van der Waals surface area contributed by atoms with Crippen LogP contribution < -0.4 is 15.8 Å². The monoisotopic (exact) mass is 377 g/mol. The normalized spacial score (nSPS) is 12.0. The number of pyridine rings is 1. The van der Waals surface area contributed by atoms with Crippen molar-refractivity contribution in [2.75, 3.05) is 0 Å². The van der Waals surface area contributed by atoms with E-state index in [2.05, 4.69) is 10.3 Å². The molecule has 144 valence electrons. The molecule has 0 spiro atoms. The molecular formula is C22H23N3O3. The lowest BCUT2D eigenvalue weighted by Crippen LogP contribution is -2.47. The molecule has 6 heteroatoms. The summed E-state index contributed by atoms with van der Waals surface area (Å²) in [4.78, 5) is 28.2. The van der Waals surface area contributed by atoms with Crippen LogP contribution in [0.4, 0.5) is 0 Å². The van der Waals surface area contributed by atoms with Crippen LogP contribution in [0.15, 0.2) is 60.8 Å². The van der Waals surface area contributed by atoms with Gasteiger partial charge in [0.25, 0.3) is 5.91 Å². The molecule has 0 aliphatic heterocycles. The van der Waals surface area contributed by atoms with Gasteiger partial charge >= 0.3 is 0 Å². The molecule has 28 heavy (non-hydrogen) atoms. The first-order valence-corrected chi connectivity index (χ1v) is 9.11. The van der Waals surface area contributed by atoms with E-state index >= 15 is 0 Å². The minimum absolute atomic E-state index is 0.0802. The molecule has 2 amide bonds. The topological polar surface area (TPSA) is 94.3 Å². The smallest absolute Gasteiger partial charge is 0.251 e. The van der Waals surface area contributed by atoms with E-state index in [1.54, 1.807) is 18.3 Å². The number of fused-ring (bicyclic) bond motifs is 1. The zero-order valence-corrected chi connectivity index (χ0v) is 15.9. The van der Waals surface area contributed by atoms with Crippen LogP contribution in [0.5, 0.6) is 5.75 Å². The van der Waals surface area contributed by atoms with Crippen molar-refractivity contribution >= 4 is 22.7 Å². The minimum Gasteiger partial charge on any atom is -0.487 e. The molecule has 3 rings (SSSR count). The van der Waals surface area contributed by atoms with Gasteiger partial charge in [-0.25, -0.2) is 0 Å². The molecular weight excluding hydrogens is 354 g/mol. The van der Waals surface area contributed by atoms with E-state index in [9.17, 15) is 9.59 Å². The molecule has 1 aromatic heterocycles. The maximum absolute atomic E-state index is 12.3. The van der Waals surface area contributed by atoms with E-state index in [0.29, 0.717) is 17.9 Å². The first kappa shape index (κ1) is 19.4. The Kier molecular flexibility index (Phi) is 5.89. The molecule has 0 radical (unpaired) electrons. The predicted octanol–water partition coefficient (Wildman–Crippen LogP) is 3.05. The minimum atomic E-state index is -0.700. The van der Waals surface area contributed by atoms with E-state index in [1.807, 2.05) is 56.3 Å². The third kappa shape index (κ3) is 4.46. The van der Waals surface area contributed by atoms with Gasteiger partial charge in [-0.1, -0.05) is 44.2 Å². The molecule has 0 aliphatic rings. The first-order chi connectivity index (χ1) is 13.5. The number of rotatable bonds is 7. The van der Waals surface area contributed by atoms with Gasteiger partial charge in [-0.05, 0) is 35.7 Å². The highest BCUT2D eigenvalue weighted by atomic mass is 16.5. The van der Waals surface area contributed by atoms with Gasteiger partial charge < -0.3 is 15.8 Å². The van der Waals surface area contributed by atoms with Crippen molar-refractivity contribution in [3.8, 4) is 5.75 Å². The van der Waals surface area contributed by atoms with E-state index in [0.717, 1.165) is 16.5 Å². The average Bonchev–Trinajstić information content (AvgIpc) is 2.70. The first-order valence-electron chi connectivity index (χ1n) is 9.11. The summed E-state index contributed by atoms with van der Waals surface area (Å²) >= 11 is 0. The molecule has 0 bridgehead atoms. The van der Waals surface area contributed by atoms with Crippen molar-refractivity contribution in [1.82, 2.24) is 10.3 Å². The number of benzene rings is 2. The van der Waals surface area contributed by atoms with Crippen LogP contribution in [0.2, 0.25) is 0 Å². The standard InChI is InChI=1S/C22H23N3O3/c1-14(2)19(21(23)26)25-22(27)17-10-8-15(9-11-17)13-28-18-7-3-5-16-6-4-12-24-20(16)18/h3-12,14,19H,13H2,1-2H3,(H2,23,26)(H,25,27). The van der Waals surface area contributed by atoms with Crippen LogP contribution in [-0.2, 0) is 11.4 Å². The van der Waals surface area contributed by atoms with Crippen LogP contribution in [-0.4, -0.2) is 22.8 Å². The number of nitrogens with one attached hydrogen (secondary N) is 1. The Morgan fingerprint density at radius 2 is 1.79 bits per heavy atom. The number of primary amides is 1. The molecule has 0 saturated heterocycles. The highest BCUT2D eigenvalue weighted by Crippen LogP contribution is 2.23. The second-order valence-corrected chi connectivity index (χ2v) is 6.91. The largest absolute Gasteiger partial charge is 0.487 e. The van der Waals surface area contributed by atoms with Crippen LogP contribution >= 0.6 is 0 Å². The zero-order valence-electron chi connectivity index (χ0n) is 15.9. The molecule has 0 aliphatic carbocycles. The maximum Gasteiger partial charge on any atom is 0.251 e. The van der Waals surface area contributed by atoms with Gasteiger partial charge in [0.1, 0.15) is 23.9 Å². The van der Waals surface area contributed by atoms with Gasteiger partial charge in [-0.15, -0.1) is 0 Å².